The molecular formula is C12H11FN2O7. The van der Waals surface area contributed by atoms with E-state index in [1.807, 2.05) is 0 Å². The number of esters is 1. The van der Waals surface area contributed by atoms with E-state index in [4.69, 9.17) is 0 Å². The summed E-state index contributed by atoms with van der Waals surface area (Å²) >= 11 is 0. The highest BCUT2D eigenvalue weighted by atomic mass is 19.1. The van der Waals surface area contributed by atoms with Crippen molar-refractivity contribution in [3.05, 3.63) is 44.0 Å². The second-order valence-electron chi connectivity index (χ2n) is 4.08. The van der Waals surface area contributed by atoms with Crippen LogP contribution in [-0.2, 0) is 9.53 Å². The molecule has 1 unspecified atom stereocenters. The Morgan fingerprint density at radius 2 is 1.91 bits per heavy atom. The van der Waals surface area contributed by atoms with Gasteiger partial charge in [0.05, 0.1) is 16.5 Å². The van der Waals surface area contributed by atoms with E-state index in [-0.39, 0.29) is 6.61 Å². The van der Waals surface area contributed by atoms with E-state index in [2.05, 4.69) is 4.74 Å². The first-order valence-electron chi connectivity index (χ1n) is 6.08. The van der Waals surface area contributed by atoms with Gasteiger partial charge in [-0.15, -0.1) is 0 Å². The molecule has 0 bridgehead atoms. The maximum Gasteiger partial charge on any atom is 0.356 e. The van der Waals surface area contributed by atoms with E-state index in [9.17, 15) is 34.2 Å². The van der Waals surface area contributed by atoms with Gasteiger partial charge >= 0.3 is 17.3 Å². The maximum atomic E-state index is 13.8. The van der Waals surface area contributed by atoms with Crippen LogP contribution in [0.3, 0.4) is 0 Å². The van der Waals surface area contributed by atoms with Crippen LogP contribution in [-0.4, -0.2) is 34.4 Å². The average Bonchev–Trinajstić information content (AvgIpc) is 2.49. The summed E-state index contributed by atoms with van der Waals surface area (Å²) in [5, 5.41) is 21.7. The fraction of sp³-hybridized carbons (Fsp3) is 0.333. The molecule has 1 rings (SSSR count). The van der Waals surface area contributed by atoms with Gasteiger partial charge < -0.3 is 4.74 Å². The zero-order chi connectivity index (χ0) is 16.9. The molecule has 1 aromatic rings. The second-order valence-corrected chi connectivity index (χ2v) is 4.08. The van der Waals surface area contributed by atoms with Crippen LogP contribution in [0.4, 0.5) is 15.8 Å². The fourth-order valence-corrected chi connectivity index (χ4v) is 1.59. The number of hydrogen-bond donors (Lipinski definition) is 0. The van der Waals surface area contributed by atoms with E-state index in [1.165, 1.54) is 0 Å². The summed E-state index contributed by atoms with van der Waals surface area (Å²) in [7, 11) is 0. The molecule has 1 aromatic carbocycles. The quantitative estimate of drug-likeness (QED) is 0.247. The van der Waals surface area contributed by atoms with Gasteiger partial charge in [-0.3, -0.25) is 25.0 Å². The zero-order valence-electron chi connectivity index (χ0n) is 11.4. The summed E-state index contributed by atoms with van der Waals surface area (Å²) in [5.41, 5.74) is -2.99. The summed E-state index contributed by atoms with van der Waals surface area (Å²) in [6, 6.07) is 2.63. The van der Waals surface area contributed by atoms with Gasteiger partial charge in [0.15, 0.2) is 0 Å². The van der Waals surface area contributed by atoms with Gasteiger partial charge in [-0.1, -0.05) is 13.0 Å². The highest BCUT2D eigenvalue weighted by Gasteiger charge is 2.37. The Labute approximate surface area is 123 Å². The van der Waals surface area contributed by atoms with Crippen molar-refractivity contribution in [2.24, 2.45) is 0 Å². The SMILES string of the molecule is CCCOC(=O)C(F)C(=O)c1cccc([N+](=O)[O-])c1[N+](=O)[O-]. The molecule has 0 aromatic heterocycles. The predicted octanol–water partition coefficient (Wildman–Crippen LogP) is 1.98. The highest BCUT2D eigenvalue weighted by molar-refractivity contribution is 6.13. The Bertz CT molecular complexity index is 632. The van der Waals surface area contributed by atoms with E-state index in [0.717, 1.165) is 18.2 Å². The molecule has 0 aliphatic rings. The van der Waals surface area contributed by atoms with Gasteiger partial charge in [0, 0.05) is 6.07 Å². The topological polar surface area (TPSA) is 130 Å². The molecule has 10 heteroatoms. The van der Waals surface area contributed by atoms with E-state index in [0.29, 0.717) is 6.42 Å². The molecule has 0 saturated carbocycles. The fourth-order valence-electron chi connectivity index (χ4n) is 1.59. The number of ketones is 1. The number of carbonyl (C=O) groups is 2. The monoisotopic (exact) mass is 314 g/mol. The number of Topliss-reactive ketones (excluding diaryl/α,β-unsaturated/α-hetero) is 1. The van der Waals surface area contributed by atoms with Crippen molar-refractivity contribution in [1.29, 1.82) is 0 Å². The van der Waals surface area contributed by atoms with Crippen LogP contribution in [0.25, 0.3) is 0 Å². The number of nitrogens with zero attached hydrogens (tertiary/aromatic N) is 2. The van der Waals surface area contributed by atoms with Crippen molar-refractivity contribution >= 4 is 23.1 Å². The number of halogens is 1. The molecule has 118 valence electrons. The third kappa shape index (κ3) is 3.59. The van der Waals surface area contributed by atoms with Gasteiger partial charge in [-0.05, 0) is 12.5 Å². The minimum Gasteiger partial charge on any atom is -0.463 e. The van der Waals surface area contributed by atoms with Crippen molar-refractivity contribution in [2.45, 2.75) is 19.5 Å². The lowest BCUT2D eigenvalue weighted by atomic mass is 10.0. The van der Waals surface area contributed by atoms with Crippen LogP contribution < -0.4 is 0 Å². The van der Waals surface area contributed by atoms with Crippen LogP contribution in [0.5, 0.6) is 0 Å². The first kappa shape index (κ1) is 17.1. The summed E-state index contributed by atoms with van der Waals surface area (Å²) < 4.78 is 18.2. The van der Waals surface area contributed by atoms with Crippen LogP contribution >= 0.6 is 0 Å². The Morgan fingerprint density at radius 3 is 2.41 bits per heavy atom. The Kier molecular flexibility index (Phi) is 5.61. The van der Waals surface area contributed by atoms with E-state index in [1.54, 1.807) is 6.92 Å². The summed E-state index contributed by atoms with van der Waals surface area (Å²) in [5.74, 6) is -3.05. The van der Waals surface area contributed by atoms with Crippen molar-refractivity contribution in [1.82, 2.24) is 0 Å². The molecule has 22 heavy (non-hydrogen) atoms. The zero-order valence-corrected chi connectivity index (χ0v) is 11.4. The molecule has 0 radical (unpaired) electrons. The predicted molar refractivity (Wildman–Crippen MR) is 70.2 cm³/mol. The third-order valence-corrected chi connectivity index (χ3v) is 2.55. The number of benzene rings is 1. The van der Waals surface area contributed by atoms with Crippen LogP contribution in [0.15, 0.2) is 18.2 Å². The van der Waals surface area contributed by atoms with Gasteiger partial charge in [0.1, 0.15) is 5.56 Å². The minimum atomic E-state index is -2.78. The summed E-state index contributed by atoms with van der Waals surface area (Å²) in [6.45, 7) is 1.53. The van der Waals surface area contributed by atoms with Gasteiger partial charge in [-0.25, -0.2) is 9.18 Å². The van der Waals surface area contributed by atoms with Crippen LogP contribution in [0, 0.1) is 20.2 Å². The lowest BCUT2D eigenvalue weighted by Gasteiger charge is -2.07. The molecule has 9 nitrogen and oxygen atoms in total. The normalized spacial score (nSPS) is 11.5. The first-order chi connectivity index (χ1) is 10.3. The van der Waals surface area contributed by atoms with E-state index >= 15 is 0 Å². The number of para-hydroxylation sites is 1. The molecule has 0 amide bonds. The van der Waals surface area contributed by atoms with Crippen molar-refractivity contribution < 1.29 is 28.6 Å². The molecule has 0 aliphatic heterocycles. The van der Waals surface area contributed by atoms with Crippen molar-refractivity contribution in [2.75, 3.05) is 6.61 Å². The number of alkyl halides is 1. The second kappa shape index (κ2) is 7.20. The number of ether oxygens (including phenoxy) is 1. The van der Waals surface area contributed by atoms with Crippen molar-refractivity contribution in [3.63, 3.8) is 0 Å². The smallest absolute Gasteiger partial charge is 0.356 e. The number of nitro benzene ring substituents is 2. The molecule has 0 N–H and O–H groups in total. The maximum absolute atomic E-state index is 13.8. The summed E-state index contributed by atoms with van der Waals surface area (Å²) in [6.07, 6.45) is -2.39. The Hall–Kier alpha value is -2.91. The average molecular weight is 314 g/mol. The number of hydrogen-bond acceptors (Lipinski definition) is 7. The number of carbonyl (C=O) groups excluding carboxylic acids is 2. The lowest BCUT2D eigenvalue weighted by Crippen LogP contribution is -2.28. The van der Waals surface area contributed by atoms with Gasteiger partial charge in [0.2, 0.25) is 5.78 Å². The lowest BCUT2D eigenvalue weighted by molar-refractivity contribution is -0.422. The third-order valence-electron chi connectivity index (χ3n) is 2.55. The largest absolute Gasteiger partial charge is 0.463 e. The molecule has 0 spiro atoms. The van der Waals surface area contributed by atoms with Crippen molar-refractivity contribution in [3.8, 4) is 0 Å². The van der Waals surface area contributed by atoms with Crippen LogP contribution in [0.2, 0.25) is 0 Å². The molecule has 1 atom stereocenters. The standard InChI is InChI=1S/C12H11FN2O7/c1-2-6-22-12(17)9(13)11(16)7-4-3-5-8(14(18)19)10(7)15(20)21/h3-5,9H,2,6H2,1H3. The number of nitro groups is 2. The number of rotatable bonds is 7. The molecule has 0 aliphatic carbocycles. The summed E-state index contributed by atoms with van der Waals surface area (Å²) in [4.78, 5) is 42.6. The van der Waals surface area contributed by atoms with Gasteiger partial charge in [-0.2, -0.15) is 0 Å². The van der Waals surface area contributed by atoms with E-state index < -0.39 is 44.7 Å². The molecular weight excluding hydrogens is 303 g/mol. The van der Waals surface area contributed by atoms with Gasteiger partial charge in [0.25, 0.3) is 6.17 Å². The first-order valence-corrected chi connectivity index (χ1v) is 6.08. The molecule has 0 saturated heterocycles. The minimum absolute atomic E-state index is 0.121. The Morgan fingerprint density at radius 1 is 1.27 bits per heavy atom. The molecule has 0 heterocycles. The molecule has 0 fully saturated rings. The van der Waals surface area contributed by atoms with Crippen LogP contribution in [0.1, 0.15) is 23.7 Å². The highest BCUT2D eigenvalue weighted by Crippen LogP contribution is 2.31. The Balaban J connectivity index is 3.23.